The van der Waals surface area contributed by atoms with E-state index in [1.807, 2.05) is 6.92 Å². The lowest BCUT2D eigenvalue weighted by Gasteiger charge is -2.27. The van der Waals surface area contributed by atoms with Crippen molar-refractivity contribution in [3.63, 3.8) is 0 Å². The lowest BCUT2D eigenvalue weighted by Crippen LogP contribution is -2.31. The number of carboxylic acid groups (broad SMARTS) is 1. The monoisotopic (exact) mass is 228 g/mol. The highest BCUT2D eigenvalue weighted by Gasteiger charge is 2.33. The lowest BCUT2D eigenvalue weighted by atomic mass is 9.79. The molecule has 0 saturated heterocycles. The average Bonchev–Trinajstić information content (AvgIpc) is 2.14. The van der Waals surface area contributed by atoms with Crippen molar-refractivity contribution in [1.29, 1.82) is 0 Å². The van der Waals surface area contributed by atoms with Gasteiger partial charge >= 0.3 is 11.9 Å². The maximum atomic E-state index is 11.6. The van der Waals surface area contributed by atoms with Crippen LogP contribution in [-0.2, 0) is 14.3 Å². The molecule has 4 nitrogen and oxygen atoms in total. The van der Waals surface area contributed by atoms with Gasteiger partial charge < -0.3 is 9.84 Å². The number of carboxylic acids is 1. The summed E-state index contributed by atoms with van der Waals surface area (Å²) >= 11 is 0. The van der Waals surface area contributed by atoms with Crippen LogP contribution in [0.4, 0.5) is 0 Å². The molecule has 0 aromatic heterocycles. The van der Waals surface area contributed by atoms with E-state index in [0.29, 0.717) is 18.8 Å². The zero-order valence-electron chi connectivity index (χ0n) is 9.94. The van der Waals surface area contributed by atoms with Gasteiger partial charge in [0.2, 0.25) is 0 Å². The molecule has 1 saturated carbocycles. The van der Waals surface area contributed by atoms with Crippen molar-refractivity contribution in [2.75, 3.05) is 0 Å². The Bertz CT molecular complexity index is 258. The van der Waals surface area contributed by atoms with Crippen molar-refractivity contribution in [2.24, 2.45) is 11.8 Å². The smallest absolute Gasteiger partial charge is 0.320 e. The first kappa shape index (κ1) is 13.0. The zero-order valence-corrected chi connectivity index (χ0v) is 9.94. The number of aliphatic carboxylic acids is 1. The second kappa shape index (κ2) is 5.87. The summed E-state index contributed by atoms with van der Waals surface area (Å²) in [5.74, 6) is -2.21. The average molecular weight is 228 g/mol. The molecule has 0 heterocycles. The molecule has 1 fully saturated rings. The van der Waals surface area contributed by atoms with E-state index < -0.39 is 17.9 Å². The summed E-state index contributed by atoms with van der Waals surface area (Å²) in [4.78, 5) is 22.6. The Kier molecular flexibility index (Phi) is 4.77. The largest absolute Gasteiger partial charge is 0.481 e. The van der Waals surface area contributed by atoms with Gasteiger partial charge in [0.1, 0.15) is 0 Å². The van der Waals surface area contributed by atoms with Gasteiger partial charge in [-0.2, -0.15) is 0 Å². The molecule has 1 rings (SSSR count). The van der Waals surface area contributed by atoms with Crippen LogP contribution in [0.25, 0.3) is 0 Å². The predicted molar refractivity (Wildman–Crippen MR) is 58.9 cm³/mol. The Morgan fingerprint density at radius 1 is 1.44 bits per heavy atom. The van der Waals surface area contributed by atoms with E-state index in [0.717, 1.165) is 19.3 Å². The highest BCUT2D eigenvalue weighted by atomic mass is 16.5. The summed E-state index contributed by atoms with van der Waals surface area (Å²) in [6.45, 7) is 3.68. The SMILES string of the molecule is CCC(C)OC(=O)C(CC1CCC1)C(=O)O. The van der Waals surface area contributed by atoms with Crippen molar-refractivity contribution >= 4 is 11.9 Å². The highest BCUT2D eigenvalue weighted by Crippen LogP contribution is 2.32. The van der Waals surface area contributed by atoms with E-state index in [9.17, 15) is 9.59 Å². The maximum absolute atomic E-state index is 11.6. The summed E-state index contributed by atoms with van der Waals surface area (Å²) in [5.41, 5.74) is 0. The number of hydrogen-bond acceptors (Lipinski definition) is 3. The van der Waals surface area contributed by atoms with Crippen LogP contribution in [0.2, 0.25) is 0 Å². The third-order valence-electron chi connectivity index (χ3n) is 3.27. The minimum Gasteiger partial charge on any atom is -0.481 e. The third kappa shape index (κ3) is 3.51. The number of carbonyl (C=O) groups is 2. The molecule has 0 aliphatic heterocycles. The maximum Gasteiger partial charge on any atom is 0.320 e. The van der Waals surface area contributed by atoms with Crippen LogP contribution < -0.4 is 0 Å². The molecule has 0 radical (unpaired) electrons. The van der Waals surface area contributed by atoms with Gasteiger partial charge in [-0.15, -0.1) is 0 Å². The molecule has 16 heavy (non-hydrogen) atoms. The standard InChI is InChI=1S/C12H20O4/c1-3-8(2)16-12(15)10(11(13)14)7-9-5-4-6-9/h8-10H,3-7H2,1-2H3,(H,13,14). The van der Waals surface area contributed by atoms with Crippen molar-refractivity contribution < 1.29 is 19.4 Å². The van der Waals surface area contributed by atoms with Crippen molar-refractivity contribution in [3.05, 3.63) is 0 Å². The first-order valence-electron chi connectivity index (χ1n) is 5.97. The fraction of sp³-hybridized carbons (Fsp3) is 0.833. The van der Waals surface area contributed by atoms with Crippen LogP contribution in [0.1, 0.15) is 46.0 Å². The number of esters is 1. The molecule has 0 bridgehead atoms. The topological polar surface area (TPSA) is 63.6 Å². The summed E-state index contributed by atoms with van der Waals surface area (Å²) in [6.07, 6.45) is 4.18. The molecular formula is C12H20O4. The normalized spacial score (nSPS) is 19.6. The number of ether oxygens (including phenoxy) is 1. The quantitative estimate of drug-likeness (QED) is 0.559. The Morgan fingerprint density at radius 3 is 2.44 bits per heavy atom. The van der Waals surface area contributed by atoms with Gasteiger partial charge in [-0.05, 0) is 25.7 Å². The van der Waals surface area contributed by atoms with Crippen LogP contribution in [0.5, 0.6) is 0 Å². The molecule has 4 heteroatoms. The van der Waals surface area contributed by atoms with Crippen molar-refractivity contribution in [2.45, 2.75) is 52.1 Å². The van der Waals surface area contributed by atoms with E-state index in [1.54, 1.807) is 6.92 Å². The zero-order chi connectivity index (χ0) is 12.1. The van der Waals surface area contributed by atoms with Gasteiger partial charge in [0, 0.05) is 0 Å². The minimum absolute atomic E-state index is 0.198. The molecular weight excluding hydrogens is 208 g/mol. The minimum atomic E-state index is -1.06. The third-order valence-corrected chi connectivity index (χ3v) is 3.27. The molecule has 0 spiro atoms. The van der Waals surface area contributed by atoms with Gasteiger partial charge in [-0.1, -0.05) is 26.2 Å². The van der Waals surface area contributed by atoms with Crippen LogP contribution in [0.3, 0.4) is 0 Å². The Balaban J connectivity index is 2.47. The lowest BCUT2D eigenvalue weighted by molar-refractivity contribution is -0.163. The Hall–Kier alpha value is -1.06. The molecule has 1 aliphatic rings. The van der Waals surface area contributed by atoms with Gasteiger partial charge in [-0.25, -0.2) is 0 Å². The second-order valence-corrected chi connectivity index (χ2v) is 4.58. The number of hydrogen-bond donors (Lipinski definition) is 1. The first-order chi connectivity index (χ1) is 7.54. The predicted octanol–water partition coefficient (Wildman–Crippen LogP) is 2.22. The molecule has 2 unspecified atom stereocenters. The van der Waals surface area contributed by atoms with Crippen LogP contribution in [0, 0.1) is 11.8 Å². The molecule has 2 atom stereocenters. The molecule has 92 valence electrons. The van der Waals surface area contributed by atoms with E-state index >= 15 is 0 Å². The van der Waals surface area contributed by atoms with E-state index in [-0.39, 0.29) is 6.10 Å². The first-order valence-corrected chi connectivity index (χ1v) is 5.97. The molecule has 0 amide bonds. The van der Waals surface area contributed by atoms with Gasteiger partial charge in [0.05, 0.1) is 6.10 Å². The molecule has 0 aromatic carbocycles. The summed E-state index contributed by atoms with van der Waals surface area (Å²) in [6, 6.07) is 0. The number of carbonyl (C=O) groups excluding carboxylic acids is 1. The Labute approximate surface area is 96.0 Å². The number of rotatable bonds is 6. The summed E-state index contributed by atoms with van der Waals surface area (Å²) in [7, 11) is 0. The fourth-order valence-corrected chi connectivity index (χ4v) is 1.72. The molecule has 1 N–H and O–H groups in total. The van der Waals surface area contributed by atoms with Crippen LogP contribution >= 0.6 is 0 Å². The highest BCUT2D eigenvalue weighted by molar-refractivity contribution is 5.93. The fourth-order valence-electron chi connectivity index (χ4n) is 1.72. The van der Waals surface area contributed by atoms with Gasteiger partial charge in [-0.3, -0.25) is 9.59 Å². The van der Waals surface area contributed by atoms with Crippen molar-refractivity contribution in [3.8, 4) is 0 Å². The van der Waals surface area contributed by atoms with Gasteiger partial charge in [0.15, 0.2) is 5.92 Å². The van der Waals surface area contributed by atoms with Crippen molar-refractivity contribution in [1.82, 2.24) is 0 Å². The van der Waals surface area contributed by atoms with Gasteiger partial charge in [0.25, 0.3) is 0 Å². The van der Waals surface area contributed by atoms with E-state index in [1.165, 1.54) is 0 Å². The van der Waals surface area contributed by atoms with E-state index in [4.69, 9.17) is 9.84 Å². The van der Waals surface area contributed by atoms with E-state index in [2.05, 4.69) is 0 Å². The summed E-state index contributed by atoms with van der Waals surface area (Å²) < 4.78 is 5.07. The Morgan fingerprint density at radius 2 is 2.06 bits per heavy atom. The summed E-state index contributed by atoms with van der Waals surface area (Å²) in [5, 5.41) is 9.00. The molecule has 1 aliphatic carbocycles. The second-order valence-electron chi connectivity index (χ2n) is 4.58. The van der Waals surface area contributed by atoms with Crippen LogP contribution in [0.15, 0.2) is 0 Å². The molecule has 0 aromatic rings. The van der Waals surface area contributed by atoms with Crippen LogP contribution in [-0.4, -0.2) is 23.1 Å².